The number of likely N-dealkylation sites (tertiary alicyclic amines) is 1. The smallest absolute Gasteiger partial charge is 0.126 e. The molecular weight excluding hydrogens is 276 g/mol. The van der Waals surface area contributed by atoms with Crippen molar-refractivity contribution in [3.05, 3.63) is 35.9 Å². The van der Waals surface area contributed by atoms with Gasteiger partial charge in [0.1, 0.15) is 5.75 Å². The lowest BCUT2D eigenvalue weighted by Gasteiger charge is -2.29. The molecule has 1 aromatic carbocycles. The van der Waals surface area contributed by atoms with Crippen molar-refractivity contribution in [1.82, 2.24) is 10.2 Å². The highest BCUT2D eigenvalue weighted by Gasteiger charge is 2.15. The maximum absolute atomic E-state index is 9.47. The van der Waals surface area contributed by atoms with Gasteiger partial charge in [0.15, 0.2) is 0 Å². The number of nitrogens with zero attached hydrogens (tertiary/aromatic N) is 1. The van der Waals surface area contributed by atoms with Gasteiger partial charge in [-0.3, -0.25) is 0 Å². The summed E-state index contributed by atoms with van der Waals surface area (Å²) in [5.41, 5.74) is 1.11. The largest absolute Gasteiger partial charge is 0.496 e. The molecule has 4 nitrogen and oxygen atoms in total. The van der Waals surface area contributed by atoms with Crippen molar-refractivity contribution in [1.29, 1.82) is 0 Å². The number of para-hydroxylation sites is 1. The molecule has 122 valence electrons. The van der Waals surface area contributed by atoms with Crippen LogP contribution in [0.15, 0.2) is 30.3 Å². The van der Waals surface area contributed by atoms with E-state index in [1.807, 2.05) is 18.2 Å². The fourth-order valence-electron chi connectivity index (χ4n) is 2.75. The molecule has 1 aliphatic rings. The van der Waals surface area contributed by atoms with Crippen LogP contribution < -0.4 is 10.1 Å². The van der Waals surface area contributed by atoms with Crippen LogP contribution in [0.1, 0.15) is 24.8 Å². The monoisotopic (exact) mass is 304 g/mol. The van der Waals surface area contributed by atoms with Crippen molar-refractivity contribution in [3.63, 3.8) is 0 Å². The number of piperidine rings is 1. The third kappa shape index (κ3) is 5.79. The van der Waals surface area contributed by atoms with E-state index in [2.05, 4.69) is 28.4 Å². The molecule has 0 saturated carbocycles. The molecule has 1 aliphatic heterocycles. The molecule has 1 fully saturated rings. The Kier molecular flexibility index (Phi) is 7.43. The summed E-state index contributed by atoms with van der Waals surface area (Å²) >= 11 is 0. The maximum Gasteiger partial charge on any atom is 0.126 e. The van der Waals surface area contributed by atoms with Crippen LogP contribution in [-0.2, 0) is 0 Å². The molecule has 22 heavy (non-hydrogen) atoms. The molecule has 0 unspecified atom stereocenters. The molecular formula is C18H28N2O2. The average Bonchev–Trinajstić information content (AvgIpc) is 2.56. The lowest BCUT2D eigenvalue weighted by molar-refractivity contribution is 0.0821. The van der Waals surface area contributed by atoms with E-state index >= 15 is 0 Å². The van der Waals surface area contributed by atoms with Crippen LogP contribution in [0.3, 0.4) is 0 Å². The van der Waals surface area contributed by atoms with E-state index in [1.54, 1.807) is 7.11 Å². The highest BCUT2D eigenvalue weighted by molar-refractivity contribution is 5.57. The van der Waals surface area contributed by atoms with Gasteiger partial charge in [-0.15, -0.1) is 0 Å². The van der Waals surface area contributed by atoms with E-state index in [0.717, 1.165) is 63.3 Å². The van der Waals surface area contributed by atoms with Crippen LogP contribution in [0.2, 0.25) is 0 Å². The second-order valence-corrected chi connectivity index (χ2v) is 5.77. The molecule has 4 heteroatoms. The van der Waals surface area contributed by atoms with Gasteiger partial charge in [-0.2, -0.15) is 0 Å². The van der Waals surface area contributed by atoms with Gasteiger partial charge >= 0.3 is 0 Å². The van der Waals surface area contributed by atoms with Gasteiger partial charge < -0.3 is 20.1 Å². The Labute approximate surface area is 133 Å². The summed E-state index contributed by atoms with van der Waals surface area (Å²) < 4.78 is 5.32. The van der Waals surface area contributed by atoms with Gasteiger partial charge in [-0.1, -0.05) is 30.4 Å². The Morgan fingerprint density at radius 2 is 2.09 bits per heavy atom. The minimum atomic E-state index is -0.0745. The molecule has 1 heterocycles. The van der Waals surface area contributed by atoms with Gasteiger partial charge in [0.25, 0.3) is 0 Å². The van der Waals surface area contributed by atoms with E-state index in [0.29, 0.717) is 0 Å². The second-order valence-electron chi connectivity index (χ2n) is 5.77. The first kappa shape index (κ1) is 17.0. The van der Waals surface area contributed by atoms with Gasteiger partial charge in [0.05, 0.1) is 13.2 Å². The highest BCUT2D eigenvalue weighted by atomic mass is 16.5. The summed E-state index contributed by atoms with van der Waals surface area (Å²) in [6.45, 7) is 5.09. The Morgan fingerprint density at radius 1 is 1.32 bits per heavy atom. The number of hydrogen-bond acceptors (Lipinski definition) is 4. The van der Waals surface area contributed by atoms with E-state index < -0.39 is 0 Å². The molecule has 0 atom stereocenters. The Morgan fingerprint density at radius 3 is 2.86 bits per heavy atom. The molecule has 0 aliphatic carbocycles. The van der Waals surface area contributed by atoms with Crippen molar-refractivity contribution < 1.29 is 9.84 Å². The number of methoxy groups -OCH3 is 1. The van der Waals surface area contributed by atoms with Gasteiger partial charge in [-0.25, -0.2) is 0 Å². The third-order valence-corrected chi connectivity index (χ3v) is 4.08. The summed E-state index contributed by atoms with van der Waals surface area (Å²) in [7, 11) is 1.70. The quantitative estimate of drug-likeness (QED) is 0.722. The first-order chi connectivity index (χ1) is 10.8. The predicted molar refractivity (Wildman–Crippen MR) is 91.2 cm³/mol. The molecule has 1 saturated heterocycles. The lowest BCUT2D eigenvalue weighted by Crippen LogP contribution is -2.37. The molecule has 0 aromatic heterocycles. The van der Waals surface area contributed by atoms with Gasteiger partial charge in [0.2, 0.25) is 0 Å². The van der Waals surface area contributed by atoms with Crippen molar-refractivity contribution >= 4 is 6.08 Å². The Bertz CT molecular complexity index is 454. The van der Waals surface area contributed by atoms with Crippen molar-refractivity contribution in [2.24, 2.45) is 0 Å². The summed E-state index contributed by atoms with van der Waals surface area (Å²) in [6.07, 6.45) is 7.16. The minimum absolute atomic E-state index is 0.0745. The van der Waals surface area contributed by atoms with Crippen LogP contribution in [0.5, 0.6) is 5.75 Å². The van der Waals surface area contributed by atoms with Crippen LogP contribution in [0, 0.1) is 0 Å². The standard InChI is InChI=1S/C18H28N2O2/c1-22-18-8-3-2-6-16(18)7-4-11-19-12-5-13-20-14-9-17(21)10-15-20/h2-4,6-8,17,19,21H,5,9-15H2,1H3/b7-4+. The lowest BCUT2D eigenvalue weighted by atomic mass is 10.1. The predicted octanol–water partition coefficient (Wildman–Crippen LogP) is 2.14. The zero-order valence-electron chi connectivity index (χ0n) is 13.5. The van der Waals surface area contributed by atoms with Crippen molar-refractivity contribution in [2.45, 2.75) is 25.4 Å². The number of benzene rings is 1. The third-order valence-electron chi connectivity index (χ3n) is 4.08. The number of hydrogen-bond donors (Lipinski definition) is 2. The number of ether oxygens (including phenoxy) is 1. The molecule has 2 rings (SSSR count). The summed E-state index contributed by atoms with van der Waals surface area (Å²) in [6, 6.07) is 8.03. The molecule has 0 spiro atoms. The number of aliphatic hydroxyl groups is 1. The Hall–Kier alpha value is -1.36. The molecule has 0 radical (unpaired) electrons. The highest BCUT2D eigenvalue weighted by Crippen LogP contribution is 2.18. The second kappa shape index (κ2) is 9.62. The molecule has 2 N–H and O–H groups in total. The van der Waals surface area contributed by atoms with E-state index in [9.17, 15) is 5.11 Å². The van der Waals surface area contributed by atoms with Crippen LogP contribution in [0.4, 0.5) is 0 Å². The van der Waals surface area contributed by atoms with Crippen LogP contribution >= 0.6 is 0 Å². The number of nitrogens with one attached hydrogen (secondary N) is 1. The Balaban J connectivity index is 1.56. The summed E-state index contributed by atoms with van der Waals surface area (Å²) in [4.78, 5) is 2.44. The fourth-order valence-corrected chi connectivity index (χ4v) is 2.75. The molecule has 0 bridgehead atoms. The molecule has 0 amide bonds. The first-order valence-electron chi connectivity index (χ1n) is 8.20. The van der Waals surface area contributed by atoms with E-state index in [-0.39, 0.29) is 6.10 Å². The van der Waals surface area contributed by atoms with Crippen molar-refractivity contribution in [3.8, 4) is 5.75 Å². The average molecular weight is 304 g/mol. The van der Waals surface area contributed by atoms with E-state index in [1.165, 1.54) is 0 Å². The fraction of sp³-hybridized carbons (Fsp3) is 0.556. The number of aliphatic hydroxyl groups excluding tert-OH is 1. The molecule has 1 aromatic rings. The van der Waals surface area contributed by atoms with E-state index in [4.69, 9.17) is 4.74 Å². The van der Waals surface area contributed by atoms with Crippen LogP contribution in [0.25, 0.3) is 6.08 Å². The van der Waals surface area contributed by atoms with Crippen molar-refractivity contribution in [2.75, 3.05) is 39.8 Å². The minimum Gasteiger partial charge on any atom is -0.496 e. The van der Waals surface area contributed by atoms with Crippen LogP contribution in [-0.4, -0.2) is 55.9 Å². The SMILES string of the molecule is COc1ccccc1/C=C/CNCCCN1CCC(O)CC1. The maximum atomic E-state index is 9.47. The normalized spacial score (nSPS) is 17.2. The number of rotatable bonds is 8. The summed E-state index contributed by atoms with van der Waals surface area (Å²) in [5.74, 6) is 0.908. The summed E-state index contributed by atoms with van der Waals surface area (Å²) in [5, 5.41) is 12.9. The van der Waals surface area contributed by atoms with Gasteiger partial charge in [0, 0.05) is 25.2 Å². The topological polar surface area (TPSA) is 44.7 Å². The zero-order valence-corrected chi connectivity index (χ0v) is 13.5. The first-order valence-corrected chi connectivity index (χ1v) is 8.20. The zero-order chi connectivity index (χ0) is 15.6. The van der Waals surface area contributed by atoms with Gasteiger partial charge in [-0.05, 0) is 38.4 Å².